The second kappa shape index (κ2) is 7.61. The molecule has 3 rings (SSSR count). The first-order valence-electron chi connectivity index (χ1n) is 8.16. The number of nitrogens with one attached hydrogen (secondary N) is 1. The predicted molar refractivity (Wildman–Crippen MR) is 99.0 cm³/mol. The molecule has 0 aliphatic rings. The number of carboxylic acids is 1. The van der Waals surface area contributed by atoms with Gasteiger partial charge in [0.05, 0.1) is 11.1 Å². The monoisotopic (exact) mass is 346 g/mol. The zero-order valence-electron chi connectivity index (χ0n) is 14.3. The SMILES string of the molecule is Cc1ccc(-c2cncc(C(=O)NCc3ccccc3C(=O)O)c2)cc1. The number of aryl methyl sites for hydroxylation is 1. The Morgan fingerprint density at radius 2 is 1.73 bits per heavy atom. The summed E-state index contributed by atoms with van der Waals surface area (Å²) in [5.74, 6) is -1.32. The summed E-state index contributed by atoms with van der Waals surface area (Å²) in [4.78, 5) is 27.8. The van der Waals surface area contributed by atoms with Crippen LogP contribution in [0.1, 0.15) is 31.8 Å². The Labute approximate surface area is 151 Å². The summed E-state index contributed by atoms with van der Waals surface area (Å²) >= 11 is 0. The number of pyridine rings is 1. The third-order valence-corrected chi connectivity index (χ3v) is 4.07. The number of carbonyl (C=O) groups excluding carboxylic acids is 1. The Bertz CT molecular complexity index is 949. The minimum absolute atomic E-state index is 0.135. The molecule has 2 N–H and O–H groups in total. The Hall–Kier alpha value is -3.47. The normalized spacial score (nSPS) is 10.3. The van der Waals surface area contributed by atoms with Crippen molar-refractivity contribution in [1.29, 1.82) is 0 Å². The molecule has 0 saturated heterocycles. The van der Waals surface area contributed by atoms with Gasteiger partial charge in [0.2, 0.25) is 0 Å². The Morgan fingerprint density at radius 1 is 1.00 bits per heavy atom. The fourth-order valence-electron chi connectivity index (χ4n) is 2.63. The van der Waals surface area contributed by atoms with Crippen molar-refractivity contribution in [3.63, 3.8) is 0 Å². The van der Waals surface area contributed by atoms with Gasteiger partial charge in [-0.2, -0.15) is 0 Å². The van der Waals surface area contributed by atoms with E-state index in [0.29, 0.717) is 11.1 Å². The van der Waals surface area contributed by atoms with Crippen molar-refractivity contribution in [2.75, 3.05) is 0 Å². The molecule has 0 spiro atoms. The van der Waals surface area contributed by atoms with E-state index in [-0.39, 0.29) is 18.0 Å². The third-order valence-electron chi connectivity index (χ3n) is 4.07. The summed E-state index contributed by atoms with van der Waals surface area (Å²) in [6.07, 6.45) is 3.21. The fraction of sp³-hybridized carbons (Fsp3) is 0.0952. The van der Waals surface area contributed by atoms with Gasteiger partial charge in [-0.1, -0.05) is 48.0 Å². The first kappa shape index (κ1) is 17.4. The first-order valence-corrected chi connectivity index (χ1v) is 8.16. The number of hydrogen-bond donors (Lipinski definition) is 2. The van der Waals surface area contributed by atoms with Crippen LogP contribution in [0.5, 0.6) is 0 Å². The van der Waals surface area contributed by atoms with Gasteiger partial charge in [0.25, 0.3) is 5.91 Å². The van der Waals surface area contributed by atoms with Crippen LogP contribution in [-0.4, -0.2) is 22.0 Å². The van der Waals surface area contributed by atoms with Gasteiger partial charge in [-0.05, 0) is 30.2 Å². The van der Waals surface area contributed by atoms with Gasteiger partial charge < -0.3 is 10.4 Å². The minimum Gasteiger partial charge on any atom is -0.478 e. The summed E-state index contributed by atoms with van der Waals surface area (Å²) in [5, 5.41) is 12.0. The quantitative estimate of drug-likeness (QED) is 0.738. The fourth-order valence-corrected chi connectivity index (χ4v) is 2.63. The highest BCUT2D eigenvalue weighted by Gasteiger charge is 2.12. The second-order valence-corrected chi connectivity index (χ2v) is 5.97. The number of aromatic carboxylic acids is 1. The summed E-state index contributed by atoms with van der Waals surface area (Å²) in [6, 6.07) is 16.4. The maximum atomic E-state index is 12.4. The molecule has 0 atom stereocenters. The van der Waals surface area contributed by atoms with Gasteiger partial charge in [-0.15, -0.1) is 0 Å². The van der Waals surface area contributed by atoms with Crippen molar-refractivity contribution in [3.8, 4) is 11.1 Å². The lowest BCUT2D eigenvalue weighted by molar-refractivity contribution is 0.0694. The first-order chi connectivity index (χ1) is 12.5. The van der Waals surface area contributed by atoms with Crippen LogP contribution in [0.3, 0.4) is 0 Å². The molecule has 0 saturated carbocycles. The highest BCUT2D eigenvalue weighted by molar-refractivity contribution is 5.95. The van der Waals surface area contributed by atoms with Gasteiger partial charge in [-0.25, -0.2) is 4.79 Å². The molecule has 0 aliphatic heterocycles. The van der Waals surface area contributed by atoms with Crippen LogP contribution in [0.4, 0.5) is 0 Å². The lowest BCUT2D eigenvalue weighted by atomic mass is 10.0. The number of hydrogen-bond acceptors (Lipinski definition) is 3. The summed E-state index contributed by atoms with van der Waals surface area (Å²) in [7, 11) is 0. The molecule has 0 bridgehead atoms. The van der Waals surface area contributed by atoms with E-state index in [4.69, 9.17) is 0 Å². The molecular weight excluding hydrogens is 328 g/mol. The third kappa shape index (κ3) is 3.95. The Morgan fingerprint density at radius 3 is 2.46 bits per heavy atom. The second-order valence-electron chi connectivity index (χ2n) is 5.97. The van der Waals surface area contributed by atoms with E-state index in [1.54, 1.807) is 30.5 Å². The predicted octanol–water partition coefficient (Wildman–Crippen LogP) is 3.69. The molecule has 0 radical (unpaired) electrons. The molecule has 0 unspecified atom stereocenters. The van der Waals surface area contributed by atoms with Crippen molar-refractivity contribution in [3.05, 3.63) is 89.2 Å². The van der Waals surface area contributed by atoms with E-state index in [0.717, 1.165) is 16.7 Å². The lowest BCUT2D eigenvalue weighted by Crippen LogP contribution is -2.24. The average molecular weight is 346 g/mol. The number of carboxylic acid groups (broad SMARTS) is 1. The van der Waals surface area contributed by atoms with Crippen LogP contribution in [0.25, 0.3) is 11.1 Å². The van der Waals surface area contributed by atoms with Gasteiger partial charge in [0.15, 0.2) is 0 Å². The highest BCUT2D eigenvalue weighted by Crippen LogP contribution is 2.20. The number of aromatic nitrogens is 1. The highest BCUT2D eigenvalue weighted by atomic mass is 16.4. The topological polar surface area (TPSA) is 79.3 Å². The van der Waals surface area contributed by atoms with Crippen molar-refractivity contribution in [2.45, 2.75) is 13.5 Å². The van der Waals surface area contributed by atoms with Crippen LogP contribution in [-0.2, 0) is 6.54 Å². The van der Waals surface area contributed by atoms with Gasteiger partial charge in [0.1, 0.15) is 0 Å². The van der Waals surface area contributed by atoms with E-state index in [2.05, 4.69) is 10.3 Å². The molecule has 26 heavy (non-hydrogen) atoms. The van der Waals surface area contributed by atoms with Crippen molar-refractivity contribution in [2.24, 2.45) is 0 Å². The lowest BCUT2D eigenvalue weighted by Gasteiger charge is -2.09. The van der Waals surface area contributed by atoms with Crippen LogP contribution >= 0.6 is 0 Å². The average Bonchev–Trinajstić information content (AvgIpc) is 2.67. The van der Waals surface area contributed by atoms with E-state index in [1.807, 2.05) is 31.2 Å². The van der Waals surface area contributed by atoms with Crippen LogP contribution in [0, 0.1) is 6.92 Å². The largest absolute Gasteiger partial charge is 0.478 e. The van der Waals surface area contributed by atoms with Gasteiger partial charge in [0, 0.05) is 24.5 Å². The number of amides is 1. The maximum Gasteiger partial charge on any atom is 0.336 e. The molecule has 1 heterocycles. The molecule has 5 nitrogen and oxygen atoms in total. The zero-order chi connectivity index (χ0) is 18.5. The molecule has 1 aromatic heterocycles. The van der Waals surface area contributed by atoms with Gasteiger partial charge in [-0.3, -0.25) is 9.78 Å². The Balaban J connectivity index is 1.76. The molecule has 5 heteroatoms. The van der Waals surface area contributed by atoms with Crippen LogP contribution in [0.15, 0.2) is 67.0 Å². The molecule has 2 aromatic carbocycles. The molecule has 3 aromatic rings. The Kier molecular flexibility index (Phi) is 5.08. The number of benzene rings is 2. The van der Waals surface area contributed by atoms with Crippen LogP contribution in [0.2, 0.25) is 0 Å². The minimum atomic E-state index is -1.02. The zero-order valence-corrected chi connectivity index (χ0v) is 14.3. The maximum absolute atomic E-state index is 12.4. The summed E-state index contributed by atoms with van der Waals surface area (Å²) in [6.45, 7) is 2.15. The molecule has 0 fully saturated rings. The summed E-state index contributed by atoms with van der Waals surface area (Å²) < 4.78 is 0. The van der Waals surface area contributed by atoms with Crippen LogP contribution < -0.4 is 5.32 Å². The number of rotatable bonds is 5. The molecule has 130 valence electrons. The number of nitrogens with zero attached hydrogens (tertiary/aromatic N) is 1. The van der Waals surface area contributed by atoms with E-state index in [1.165, 1.54) is 12.3 Å². The van der Waals surface area contributed by atoms with E-state index < -0.39 is 5.97 Å². The number of carbonyl (C=O) groups is 2. The standard InChI is InChI=1S/C21H18N2O3/c1-14-6-8-15(9-7-14)17-10-18(12-22-11-17)20(24)23-13-16-4-2-3-5-19(16)21(25)26/h2-12H,13H2,1H3,(H,23,24)(H,25,26). The van der Waals surface area contributed by atoms with E-state index >= 15 is 0 Å². The molecule has 0 aliphatic carbocycles. The van der Waals surface area contributed by atoms with Crippen molar-refractivity contribution < 1.29 is 14.7 Å². The van der Waals surface area contributed by atoms with Crippen molar-refractivity contribution in [1.82, 2.24) is 10.3 Å². The smallest absolute Gasteiger partial charge is 0.336 e. The van der Waals surface area contributed by atoms with E-state index in [9.17, 15) is 14.7 Å². The molecular formula is C21H18N2O3. The van der Waals surface area contributed by atoms with Crippen molar-refractivity contribution >= 4 is 11.9 Å². The molecule has 1 amide bonds. The summed E-state index contributed by atoms with van der Waals surface area (Å²) in [5.41, 5.74) is 4.15. The van der Waals surface area contributed by atoms with Gasteiger partial charge >= 0.3 is 5.97 Å².